The molecule has 0 aliphatic carbocycles. The van der Waals surface area contributed by atoms with Gasteiger partial charge in [-0.05, 0) is 108 Å². The predicted octanol–water partition coefficient (Wildman–Crippen LogP) is 5.27. The summed E-state index contributed by atoms with van der Waals surface area (Å²) in [5.41, 5.74) is 15.5. The number of primary amides is 1. The molecule has 1 aromatic carbocycles. The van der Waals surface area contributed by atoms with Gasteiger partial charge >= 0.3 is 0 Å². The molecule has 0 unspecified atom stereocenters. The second kappa shape index (κ2) is 15.5. The van der Waals surface area contributed by atoms with E-state index in [1.807, 2.05) is 39.0 Å². The van der Waals surface area contributed by atoms with Crippen LogP contribution in [-0.2, 0) is 4.79 Å². The molecule has 0 radical (unpaired) electrons. The summed E-state index contributed by atoms with van der Waals surface area (Å²) >= 11 is 0. The van der Waals surface area contributed by atoms with E-state index < -0.39 is 0 Å². The predicted molar refractivity (Wildman–Crippen MR) is 138 cm³/mol. The Labute approximate surface area is 201 Å². The highest BCUT2D eigenvalue weighted by atomic mass is 16.7. The summed E-state index contributed by atoms with van der Waals surface area (Å²) in [6, 6.07) is 5.84. The number of benzene rings is 1. The Morgan fingerprint density at radius 2 is 1.45 bits per heavy atom. The van der Waals surface area contributed by atoms with Crippen molar-refractivity contribution in [1.29, 1.82) is 0 Å². The number of hydrogen-bond acceptors (Lipinski definition) is 5. The zero-order chi connectivity index (χ0) is 24.8. The van der Waals surface area contributed by atoms with Crippen LogP contribution in [-0.4, -0.2) is 43.8 Å². The van der Waals surface area contributed by atoms with Crippen LogP contribution >= 0.6 is 0 Å². The third-order valence-corrected chi connectivity index (χ3v) is 6.20. The third-order valence-electron chi connectivity index (χ3n) is 6.20. The van der Waals surface area contributed by atoms with Gasteiger partial charge in [0.2, 0.25) is 12.7 Å². The maximum Gasteiger partial charge on any atom is 0.244 e. The summed E-state index contributed by atoms with van der Waals surface area (Å²) in [4.78, 5) is 13.8. The van der Waals surface area contributed by atoms with Crippen molar-refractivity contribution in [1.82, 2.24) is 4.90 Å². The Hall–Kier alpha value is -2.31. The number of rotatable bonds is 12. The fourth-order valence-electron chi connectivity index (χ4n) is 3.51. The van der Waals surface area contributed by atoms with Gasteiger partial charge in [0.1, 0.15) is 0 Å². The Kier molecular flexibility index (Phi) is 13.5. The average molecular weight is 460 g/mol. The zero-order valence-electron chi connectivity index (χ0n) is 21.6. The maximum absolute atomic E-state index is 11.3. The van der Waals surface area contributed by atoms with Gasteiger partial charge in [-0.2, -0.15) is 0 Å². The van der Waals surface area contributed by atoms with Crippen LogP contribution in [0.25, 0.3) is 5.57 Å². The van der Waals surface area contributed by atoms with Crippen LogP contribution in [0.15, 0.2) is 34.9 Å². The van der Waals surface area contributed by atoms with Crippen LogP contribution in [0.4, 0.5) is 0 Å². The molecule has 0 saturated heterocycles. The topological polar surface area (TPSA) is 90.8 Å². The Bertz CT molecular complexity index is 796. The van der Waals surface area contributed by atoms with E-state index >= 15 is 0 Å². The van der Waals surface area contributed by atoms with Crippen molar-refractivity contribution < 1.29 is 14.3 Å². The number of carbonyl (C=O) groups excluding carboxylic acids is 1. The smallest absolute Gasteiger partial charge is 0.244 e. The van der Waals surface area contributed by atoms with Gasteiger partial charge in [0.25, 0.3) is 0 Å². The number of carbonyl (C=O) groups is 1. The number of fused-ring (bicyclic) bond motifs is 1. The summed E-state index contributed by atoms with van der Waals surface area (Å²) in [7, 11) is 0. The zero-order valence-corrected chi connectivity index (χ0v) is 21.6. The molecule has 0 bridgehead atoms. The molecule has 1 aliphatic rings. The standard InChI is InChI=1S/C16H19NO3.C11H26N2/c1-9(10(2)12(4)16(17)18)11(3)13-5-6-14-15(7-13)20-8-19-14;1-3-5-9-13(10-6-4-2)11-7-8-12/h5-7H,8H2,1-4H3,(H2,17,18);3-12H2,1-2H3. The van der Waals surface area contributed by atoms with Crippen molar-refractivity contribution in [2.75, 3.05) is 33.0 Å². The second-order valence-corrected chi connectivity index (χ2v) is 8.62. The number of allylic oxidation sites excluding steroid dienone is 3. The number of hydrogen-bond donors (Lipinski definition) is 2. The Morgan fingerprint density at radius 1 is 0.879 bits per heavy atom. The van der Waals surface area contributed by atoms with Gasteiger partial charge in [-0.25, -0.2) is 0 Å². The van der Waals surface area contributed by atoms with Gasteiger partial charge in [0.15, 0.2) is 11.5 Å². The molecule has 6 nitrogen and oxygen atoms in total. The molecule has 1 heterocycles. The van der Waals surface area contributed by atoms with E-state index in [4.69, 9.17) is 20.9 Å². The van der Waals surface area contributed by atoms with Gasteiger partial charge in [-0.1, -0.05) is 32.8 Å². The minimum atomic E-state index is -0.389. The molecule has 0 atom stereocenters. The first kappa shape index (κ1) is 28.7. The molecule has 2 rings (SSSR count). The molecule has 0 saturated carbocycles. The highest BCUT2D eigenvalue weighted by Crippen LogP contribution is 2.35. The van der Waals surface area contributed by atoms with Gasteiger partial charge in [0.05, 0.1) is 0 Å². The molecule has 186 valence electrons. The lowest BCUT2D eigenvalue weighted by Gasteiger charge is -2.21. The number of unbranched alkanes of at least 4 members (excludes halogenated alkanes) is 2. The van der Waals surface area contributed by atoms with Crippen molar-refractivity contribution in [2.45, 2.75) is 73.6 Å². The maximum atomic E-state index is 11.3. The minimum absolute atomic E-state index is 0.264. The van der Waals surface area contributed by atoms with Crippen molar-refractivity contribution in [2.24, 2.45) is 11.5 Å². The van der Waals surface area contributed by atoms with E-state index in [2.05, 4.69) is 18.7 Å². The summed E-state index contributed by atoms with van der Waals surface area (Å²) in [5.74, 6) is 1.13. The van der Waals surface area contributed by atoms with Crippen molar-refractivity contribution >= 4 is 11.5 Å². The molecular weight excluding hydrogens is 414 g/mol. The molecule has 1 aromatic rings. The van der Waals surface area contributed by atoms with E-state index in [0.717, 1.165) is 46.7 Å². The lowest BCUT2D eigenvalue weighted by Crippen LogP contribution is -2.28. The van der Waals surface area contributed by atoms with Gasteiger partial charge < -0.3 is 25.8 Å². The van der Waals surface area contributed by atoms with E-state index in [1.165, 1.54) is 45.3 Å². The van der Waals surface area contributed by atoms with Crippen LogP contribution in [0.2, 0.25) is 0 Å². The molecule has 0 aromatic heterocycles. The number of amides is 1. The van der Waals surface area contributed by atoms with Crippen molar-refractivity contribution in [3.8, 4) is 11.5 Å². The van der Waals surface area contributed by atoms with Gasteiger partial charge in [0, 0.05) is 5.57 Å². The van der Waals surface area contributed by atoms with E-state index in [-0.39, 0.29) is 12.7 Å². The van der Waals surface area contributed by atoms with Crippen molar-refractivity contribution in [3.05, 3.63) is 40.5 Å². The molecule has 4 N–H and O–H groups in total. The third kappa shape index (κ3) is 9.60. The highest BCUT2D eigenvalue weighted by Gasteiger charge is 2.15. The first-order valence-corrected chi connectivity index (χ1v) is 12.2. The van der Waals surface area contributed by atoms with Crippen molar-refractivity contribution in [3.63, 3.8) is 0 Å². The first-order chi connectivity index (χ1) is 15.8. The van der Waals surface area contributed by atoms with Crippen LogP contribution < -0.4 is 20.9 Å². The summed E-state index contributed by atoms with van der Waals surface area (Å²) in [6.07, 6.45) is 6.40. The highest BCUT2D eigenvalue weighted by molar-refractivity contribution is 5.93. The number of ether oxygens (including phenoxy) is 2. The molecular formula is C27H45N3O3. The Morgan fingerprint density at radius 3 is 2.00 bits per heavy atom. The normalized spacial score (nSPS) is 13.8. The molecule has 0 fully saturated rings. The molecule has 1 amide bonds. The largest absolute Gasteiger partial charge is 0.454 e. The second-order valence-electron chi connectivity index (χ2n) is 8.62. The lowest BCUT2D eigenvalue weighted by molar-refractivity contribution is -0.114. The summed E-state index contributed by atoms with van der Waals surface area (Å²) in [5, 5.41) is 0. The number of nitrogens with two attached hydrogens (primary N) is 2. The van der Waals surface area contributed by atoms with Gasteiger partial charge in [-0.15, -0.1) is 0 Å². The fourth-order valence-corrected chi connectivity index (χ4v) is 3.51. The van der Waals surface area contributed by atoms with Crippen LogP contribution in [0, 0.1) is 0 Å². The van der Waals surface area contributed by atoms with E-state index in [9.17, 15) is 4.79 Å². The Balaban J connectivity index is 0.000000366. The van der Waals surface area contributed by atoms with Crippen LogP contribution in [0.1, 0.15) is 79.2 Å². The van der Waals surface area contributed by atoms with E-state index in [1.54, 1.807) is 6.92 Å². The van der Waals surface area contributed by atoms with E-state index in [0.29, 0.717) is 5.57 Å². The number of nitrogens with zero attached hydrogens (tertiary/aromatic N) is 1. The average Bonchev–Trinajstić information content (AvgIpc) is 3.30. The van der Waals surface area contributed by atoms with Crippen LogP contribution in [0.3, 0.4) is 0 Å². The molecule has 33 heavy (non-hydrogen) atoms. The quantitative estimate of drug-likeness (QED) is 0.328. The molecule has 0 spiro atoms. The summed E-state index contributed by atoms with van der Waals surface area (Å²) < 4.78 is 10.7. The minimum Gasteiger partial charge on any atom is -0.454 e. The fraction of sp³-hybridized carbons (Fsp3) is 0.593. The summed E-state index contributed by atoms with van der Waals surface area (Å²) in [6.45, 7) is 17.0. The SMILES string of the molecule is CC(C(N)=O)=C(C)C(C)=C(C)c1ccc2c(c1)OCO2.CCCCN(CCCC)CCCN. The lowest BCUT2D eigenvalue weighted by atomic mass is 9.95. The van der Waals surface area contributed by atoms with Crippen LogP contribution in [0.5, 0.6) is 11.5 Å². The monoisotopic (exact) mass is 459 g/mol. The molecule has 6 heteroatoms. The first-order valence-electron chi connectivity index (χ1n) is 12.2. The molecule has 1 aliphatic heterocycles. The van der Waals surface area contributed by atoms with Gasteiger partial charge in [-0.3, -0.25) is 4.79 Å².